The normalized spacial score (nSPS) is 10.3. The van der Waals surface area contributed by atoms with Gasteiger partial charge in [-0.25, -0.2) is 0 Å². The molecule has 0 fully saturated rings. The van der Waals surface area contributed by atoms with Gasteiger partial charge < -0.3 is 10.2 Å². The minimum absolute atomic E-state index is 0.105. The van der Waals surface area contributed by atoms with Crippen LogP contribution in [0.2, 0.25) is 0 Å². The summed E-state index contributed by atoms with van der Waals surface area (Å²) in [5.74, 6) is -0.105. The number of hydrogen-bond donors (Lipinski definition) is 2. The summed E-state index contributed by atoms with van der Waals surface area (Å²) in [4.78, 5) is 18.1. The van der Waals surface area contributed by atoms with E-state index in [0.717, 1.165) is 24.2 Å². The maximum Gasteiger partial charge on any atom is 0.272 e. The molecule has 20 heavy (non-hydrogen) atoms. The molecule has 0 spiro atoms. The summed E-state index contributed by atoms with van der Waals surface area (Å²) < 4.78 is 0. The second-order valence-corrected chi connectivity index (χ2v) is 4.62. The average molecular weight is 273 g/mol. The summed E-state index contributed by atoms with van der Waals surface area (Å²) in [6.07, 6.45) is 6.16. The lowest BCUT2D eigenvalue weighted by Crippen LogP contribution is -2.26. The van der Waals surface area contributed by atoms with Crippen molar-refractivity contribution in [2.75, 3.05) is 18.9 Å². The van der Waals surface area contributed by atoms with Gasteiger partial charge in [-0.1, -0.05) is 6.92 Å². The van der Waals surface area contributed by atoms with E-state index >= 15 is 0 Å². The third-order valence-corrected chi connectivity index (χ3v) is 2.88. The quantitative estimate of drug-likeness (QED) is 0.843. The summed E-state index contributed by atoms with van der Waals surface area (Å²) in [7, 11) is 1.75. The van der Waals surface area contributed by atoms with Gasteiger partial charge in [-0.3, -0.25) is 14.9 Å². The van der Waals surface area contributed by atoms with Crippen molar-refractivity contribution in [2.24, 2.45) is 0 Å². The van der Waals surface area contributed by atoms with Gasteiger partial charge >= 0.3 is 0 Å². The van der Waals surface area contributed by atoms with Crippen molar-refractivity contribution in [3.8, 4) is 0 Å². The van der Waals surface area contributed by atoms with E-state index in [-0.39, 0.29) is 5.91 Å². The Morgan fingerprint density at radius 1 is 1.50 bits per heavy atom. The lowest BCUT2D eigenvalue weighted by atomic mass is 10.2. The van der Waals surface area contributed by atoms with Crippen molar-refractivity contribution in [3.05, 3.63) is 42.0 Å². The molecule has 0 unspecified atom stereocenters. The Morgan fingerprint density at radius 2 is 2.35 bits per heavy atom. The predicted molar refractivity (Wildman–Crippen MR) is 77.4 cm³/mol. The SMILES string of the molecule is CCCNc1ccnc(C(=O)N(C)Cc2cn[nH]c2)c1. The van der Waals surface area contributed by atoms with E-state index in [0.29, 0.717) is 12.2 Å². The van der Waals surface area contributed by atoms with Crippen molar-refractivity contribution in [2.45, 2.75) is 19.9 Å². The van der Waals surface area contributed by atoms with Crippen molar-refractivity contribution >= 4 is 11.6 Å². The fourth-order valence-corrected chi connectivity index (χ4v) is 1.83. The first kappa shape index (κ1) is 14.0. The van der Waals surface area contributed by atoms with Gasteiger partial charge in [0.2, 0.25) is 0 Å². The third kappa shape index (κ3) is 3.57. The molecule has 2 rings (SSSR count). The fourth-order valence-electron chi connectivity index (χ4n) is 1.83. The summed E-state index contributed by atoms with van der Waals surface area (Å²) in [6.45, 7) is 3.48. The summed E-state index contributed by atoms with van der Waals surface area (Å²) in [5.41, 5.74) is 2.32. The highest BCUT2D eigenvalue weighted by Gasteiger charge is 2.14. The maximum absolute atomic E-state index is 12.3. The number of carbonyl (C=O) groups excluding carboxylic acids is 1. The van der Waals surface area contributed by atoms with E-state index < -0.39 is 0 Å². The molecule has 0 aromatic carbocycles. The molecular weight excluding hydrogens is 254 g/mol. The van der Waals surface area contributed by atoms with Gasteiger partial charge in [0.15, 0.2) is 0 Å². The number of amides is 1. The number of hydrogen-bond acceptors (Lipinski definition) is 4. The van der Waals surface area contributed by atoms with E-state index in [9.17, 15) is 4.79 Å². The van der Waals surface area contributed by atoms with Crippen LogP contribution < -0.4 is 5.32 Å². The number of anilines is 1. The lowest BCUT2D eigenvalue weighted by molar-refractivity contribution is 0.0779. The first-order chi connectivity index (χ1) is 9.70. The van der Waals surface area contributed by atoms with E-state index in [1.807, 2.05) is 6.07 Å². The standard InChI is InChI=1S/C14H19N5O/c1-3-5-15-12-4-6-16-13(7-12)14(20)19(2)10-11-8-17-18-9-11/h4,6-9H,3,5,10H2,1-2H3,(H,15,16)(H,17,18). The van der Waals surface area contributed by atoms with Crippen LogP contribution in [0.1, 0.15) is 29.4 Å². The molecule has 2 heterocycles. The largest absolute Gasteiger partial charge is 0.385 e. The number of nitrogens with one attached hydrogen (secondary N) is 2. The van der Waals surface area contributed by atoms with Crippen molar-refractivity contribution in [3.63, 3.8) is 0 Å². The molecule has 2 N–H and O–H groups in total. The zero-order chi connectivity index (χ0) is 14.4. The summed E-state index contributed by atoms with van der Waals surface area (Å²) >= 11 is 0. The second-order valence-electron chi connectivity index (χ2n) is 4.62. The van der Waals surface area contributed by atoms with Crippen LogP contribution in [0.15, 0.2) is 30.7 Å². The smallest absolute Gasteiger partial charge is 0.272 e. The van der Waals surface area contributed by atoms with Crippen molar-refractivity contribution in [1.82, 2.24) is 20.1 Å². The molecule has 0 bridgehead atoms. The Hall–Kier alpha value is -2.37. The molecule has 0 radical (unpaired) electrons. The number of pyridine rings is 1. The molecule has 6 heteroatoms. The van der Waals surface area contributed by atoms with E-state index in [1.54, 1.807) is 36.6 Å². The number of aromatic amines is 1. The van der Waals surface area contributed by atoms with Crippen LogP contribution in [-0.4, -0.2) is 39.6 Å². The lowest BCUT2D eigenvalue weighted by Gasteiger charge is -2.16. The van der Waals surface area contributed by atoms with E-state index in [4.69, 9.17) is 0 Å². The van der Waals surface area contributed by atoms with Crippen LogP contribution in [0, 0.1) is 0 Å². The second kappa shape index (κ2) is 6.70. The van der Waals surface area contributed by atoms with Gasteiger partial charge in [0.05, 0.1) is 6.20 Å². The van der Waals surface area contributed by atoms with Crippen LogP contribution >= 0.6 is 0 Å². The molecule has 0 aliphatic heterocycles. The zero-order valence-corrected chi connectivity index (χ0v) is 11.8. The van der Waals surface area contributed by atoms with Crippen LogP contribution in [-0.2, 0) is 6.54 Å². The number of carbonyl (C=O) groups is 1. The highest BCUT2D eigenvalue weighted by Crippen LogP contribution is 2.11. The molecule has 0 aliphatic carbocycles. The molecule has 106 valence electrons. The number of rotatable bonds is 6. The molecular formula is C14H19N5O. The Labute approximate surface area is 118 Å². The number of nitrogens with zero attached hydrogens (tertiary/aromatic N) is 3. The van der Waals surface area contributed by atoms with E-state index in [2.05, 4.69) is 27.4 Å². The minimum Gasteiger partial charge on any atom is -0.385 e. The maximum atomic E-state index is 12.3. The Morgan fingerprint density at radius 3 is 3.05 bits per heavy atom. The zero-order valence-electron chi connectivity index (χ0n) is 11.8. The first-order valence-corrected chi connectivity index (χ1v) is 6.63. The van der Waals surface area contributed by atoms with Gasteiger partial charge in [-0.2, -0.15) is 5.10 Å². The number of aromatic nitrogens is 3. The molecule has 0 saturated carbocycles. The third-order valence-electron chi connectivity index (χ3n) is 2.88. The van der Waals surface area contributed by atoms with Gasteiger partial charge in [0.25, 0.3) is 5.91 Å². The Kier molecular flexibility index (Phi) is 4.70. The molecule has 0 saturated heterocycles. The van der Waals surface area contributed by atoms with Gasteiger partial charge in [-0.15, -0.1) is 0 Å². The minimum atomic E-state index is -0.105. The molecule has 2 aromatic rings. The Balaban J connectivity index is 2.04. The van der Waals surface area contributed by atoms with Crippen LogP contribution in [0.4, 0.5) is 5.69 Å². The highest BCUT2D eigenvalue weighted by molar-refractivity contribution is 5.92. The van der Waals surface area contributed by atoms with Crippen LogP contribution in [0.3, 0.4) is 0 Å². The summed E-state index contributed by atoms with van der Waals surface area (Å²) in [5, 5.41) is 9.85. The predicted octanol–water partition coefficient (Wildman–Crippen LogP) is 1.90. The molecule has 2 aromatic heterocycles. The van der Waals surface area contributed by atoms with Crippen LogP contribution in [0.25, 0.3) is 0 Å². The average Bonchev–Trinajstić information content (AvgIpc) is 2.97. The van der Waals surface area contributed by atoms with E-state index in [1.165, 1.54) is 0 Å². The molecule has 6 nitrogen and oxygen atoms in total. The van der Waals surface area contributed by atoms with Gasteiger partial charge in [-0.05, 0) is 18.6 Å². The van der Waals surface area contributed by atoms with Gasteiger partial charge in [0, 0.05) is 43.8 Å². The molecule has 0 aliphatic rings. The molecule has 1 amide bonds. The topological polar surface area (TPSA) is 73.9 Å². The Bertz CT molecular complexity index is 552. The first-order valence-electron chi connectivity index (χ1n) is 6.63. The van der Waals surface area contributed by atoms with Gasteiger partial charge in [0.1, 0.15) is 5.69 Å². The van der Waals surface area contributed by atoms with Crippen LogP contribution in [0.5, 0.6) is 0 Å². The fraction of sp³-hybridized carbons (Fsp3) is 0.357. The van der Waals surface area contributed by atoms with Crippen molar-refractivity contribution < 1.29 is 4.79 Å². The van der Waals surface area contributed by atoms with Crippen molar-refractivity contribution in [1.29, 1.82) is 0 Å². The highest BCUT2D eigenvalue weighted by atomic mass is 16.2. The molecule has 0 atom stereocenters. The monoisotopic (exact) mass is 273 g/mol. The number of H-pyrrole nitrogens is 1. The summed E-state index contributed by atoms with van der Waals surface area (Å²) in [6, 6.07) is 3.65.